The van der Waals surface area contributed by atoms with Gasteiger partial charge in [-0.3, -0.25) is 0 Å². The smallest absolute Gasteiger partial charge is 0.174 e. The zero-order valence-electron chi connectivity index (χ0n) is 21.7. The number of hydrogen-bond acceptors (Lipinski definition) is 5. The van der Waals surface area contributed by atoms with E-state index < -0.39 is 23.5 Å². The van der Waals surface area contributed by atoms with Crippen LogP contribution in [0.1, 0.15) is 49.3 Å². The summed E-state index contributed by atoms with van der Waals surface area (Å²) >= 11 is 6.38. The number of benzene rings is 3. The Kier molecular flexibility index (Phi) is 9.24. The summed E-state index contributed by atoms with van der Waals surface area (Å²) in [4.78, 5) is 0. The molecule has 3 aromatic rings. The van der Waals surface area contributed by atoms with Gasteiger partial charge in [0, 0.05) is 35.8 Å². The maximum absolute atomic E-state index is 15.6. The van der Waals surface area contributed by atoms with Crippen molar-refractivity contribution in [3.8, 4) is 28.7 Å². The summed E-state index contributed by atoms with van der Waals surface area (Å²) in [6.07, 6.45) is 5.14. The molecule has 5 rings (SSSR count). The largest absolute Gasteiger partial charge is 0.491 e. The van der Waals surface area contributed by atoms with Gasteiger partial charge in [0.05, 0.1) is 23.3 Å². The molecule has 1 saturated heterocycles. The van der Waals surface area contributed by atoms with Crippen LogP contribution >= 0.6 is 11.6 Å². The van der Waals surface area contributed by atoms with Gasteiger partial charge in [-0.2, -0.15) is 5.26 Å². The number of aliphatic hydroxyl groups is 1. The second-order valence-corrected chi connectivity index (χ2v) is 9.72. The first kappa shape index (κ1) is 28.6. The Labute approximate surface area is 232 Å². The van der Waals surface area contributed by atoms with Crippen molar-refractivity contribution in [3.05, 3.63) is 94.5 Å². The Morgan fingerprint density at radius 2 is 1.97 bits per heavy atom. The topological polar surface area (TPSA) is 71.7 Å². The van der Waals surface area contributed by atoms with E-state index in [1.165, 1.54) is 18.2 Å². The van der Waals surface area contributed by atoms with Gasteiger partial charge >= 0.3 is 0 Å². The molecule has 2 atom stereocenters. The number of fused-ring (bicyclic) bond motifs is 1. The fourth-order valence-corrected chi connectivity index (χ4v) is 4.98. The summed E-state index contributed by atoms with van der Waals surface area (Å²) in [7, 11) is 0. The zero-order chi connectivity index (χ0) is 28.0. The Bertz CT molecular complexity index is 1370. The highest BCUT2D eigenvalue weighted by Crippen LogP contribution is 2.51. The first-order valence-electron chi connectivity index (χ1n) is 12.9. The average Bonchev–Trinajstić information content (AvgIpc) is 3.34. The van der Waals surface area contributed by atoms with Crippen LogP contribution in [0.15, 0.2) is 61.2 Å². The van der Waals surface area contributed by atoms with Crippen LogP contribution in [0.25, 0.3) is 11.1 Å². The van der Waals surface area contributed by atoms with Crippen LogP contribution in [-0.4, -0.2) is 24.6 Å². The third-order valence-corrected chi connectivity index (χ3v) is 7.07. The van der Waals surface area contributed by atoms with E-state index in [0.29, 0.717) is 18.6 Å². The van der Waals surface area contributed by atoms with Crippen molar-refractivity contribution in [3.63, 3.8) is 0 Å². The van der Waals surface area contributed by atoms with Crippen LogP contribution in [0.4, 0.5) is 8.78 Å². The molecule has 3 aromatic carbocycles. The SMILES string of the molecule is C=C[C@@]1(c2ccccc2)Cc2c(cc(F)c(Cl)c2-c2c(C#N)ccc(OCCC)c2F)O1.OC1CCCCO1. The summed E-state index contributed by atoms with van der Waals surface area (Å²) in [5.74, 6) is -1.32. The maximum Gasteiger partial charge on any atom is 0.174 e. The van der Waals surface area contributed by atoms with Crippen molar-refractivity contribution >= 4 is 11.6 Å². The van der Waals surface area contributed by atoms with Gasteiger partial charge in [-0.05, 0) is 49.5 Å². The van der Waals surface area contributed by atoms with Crippen LogP contribution in [0, 0.1) is 23.0 Å². The Hall–Kier alpha value is -3.44. The number of nitrogens with zero attached hydrogens (tertiary/aromatic N) is 1. The number of nitriles is 1. The second-order valence-electron chi connectivity index (χ2n) is 9.34. The normalized spacial score (nSPS) is 19.6. The molecule has 1 fully saturated rings. The molecule has 2 aliphatic heterocycles. The van der Waals surface area contributed by atoms with E-state index in [2.05, 4.69) is 6.58 Å². The van der Waals surface area contributed by atoms with Gasteiger partial charge in [-0.25, -0.2) is 8.78 Å². The molecule has 0 bridgehead atoms. The zero-order valence-corrected chi connectivity index (χ0v) is 22.4. The summed E-state index contributed by atoms with van der Waals surface area (Å²) in [6.45, 7) is 6.86. The molecule has 0 aliphatic carbocycles. The summed E-state index contributed by atoms with van der Waals surface area (Å²) < 4.78 is 47.0. The third kappa shape index (κ3) is 5.94. The van der Waals surface area contributed by atoms with Crippen molar-refractivity contribution in [2.45, 2.75) is 50.9 Å². The van der Waals surface area contributed by atoms with Crippen LogP contribution in [0.5, 0.6) is 11.5 Å². The van der Waals surface area contributed by atoms with E-state index in [9.17, 15) is 9.65 Å². The van der Waals surface area contributed by atoms with Crippen LogP contribution in [0.3, 0.4) is 0 Å². The summed E-state index contributed by atoms with van der Waals surface area (Å²) in [5, 5.41) is 18.1. The van der Waals surface area contributed by atoms with Crippen LogP contribution in [0.2, 0.25) is 5.02 Å². The van der Waals surface area contributed by atoms with E-state index in [1.54, 1.807) is 6.08 Å². The predicted octanol–water partition coefficient (Wildman–Crippen LogP) is 7.47. The highest BCUT2D eigenvalue weighted by atomic mass is 35.5. The number of rotatable bonds is 6. The number of halogens is 3. The highest BCUT2D eigenvalue weighted by Gasteiger charge is 2.42. The van der Waals surface area contributed by atoms with Gasteiger partial charge in [0.2, 0.25) is 0 Å². The van der Waals surface area contributed by atoms with Crippen LogP contribution in [-0.2, 0) is 16.8 Å². The van der Waals surface area contributed by atoms with Crippen molar-refractivity contribution in [2.75, 3.05) is 13.2 Å². The summed E-state index contributed by atoms with van der Waals surface area (Å²) in [5.41, 5.74) is 0.361. The molecule has 5 nitrogen and oxygen atoms in total. The first-order valence-corrected chi connectivity index (χ1v) is 13.3. The Morgan fingerprint density at radius 1 is 1.21 bits per heavy atom. The van der Waals surface area contributed by atoms with Gasteiger partial charge in [0.25, 0.3) is 0 Å². The molecule has 0 aromatic heterocycles. The minimum Gasteiger partial charge on any atom is -0.491 e. The molecule has 0 radical (unpaired) electrons. The second kappa shape index (κ2) is 12.6. The van der Waals surface area contributed by atoms with Gasteiger partial charge in [0.15, 0.2) is 23.5 Å². The Balaban J connectivity index is 0.000000438. The van der Waals surface area contributed by atoms with Gasteiger partial charge < -0.3 is 19.3 Å². The van der Waals surface area contributed by atoms with Gasteiger partial charge in [0.1, 0.15) is 11.6 Å². The van der Waals surface area contributed by atoms with E-state index in [4.69, 9.17) is 30.9 Å². The van der Waals surface area contributed by atoms with Crippen molar-refractivity contribution in [2.24, 2.45) is 0 Å². The average molecular weight is 554 g/mol. The molecule has 0 saturated carbocycles. The highest BCUT2D eigenvalue weighted by molar-refractivity contribution is 6.34. The van der Waals surface area contributed by atoms with E-state index in [1.807, 2.05) is 43.3 Å². The standard InChI is InChI=1S/C26H20ClF2NO2.C5H10O2/c1-3-12-31-20-11-10-16(15-30)22(25(20)29)23-18-14-26(4-2,17-8-6-5-7-9-17)32-21(18)13-19(28)24(23)27;6-5-3-1-2-4-7-5/h4-11,13H,2-3,12,14H2,1H3;5-6H,1-4H2/t26-;/m0./s1. The van der Waals surface area contributed by atoms with Crippen molar-refractivity contribution in [1.29, 1.82) is 5.26 Å². The van der Waals surface area contributed by atoms with Crippen molar-refractivity contribution in [1.82, 2.24) is 0 Å². The molecule has 0 amide bonds. The lowest BCUT2D eigenvalue weighted by Crippen LogP contribution is -2.28. The fraction of sp³-hybridized carbons (Fsp3) is 0.323. The first-order chi connectivity index (χ1) is 18.8. The molecule has 1 N–H and O–H groups in total. The quantitative estimate of drug-likeness (QED) is 0.321. The minimum atomic E-state index is -0.977. The molecular formula is C31H30ClF2NO4. The lowest BCUT2D eigenvalue weighted by molar-refractivity contribution is -0.123. The van der Waals surface area contributed by atoms with Crippen molar-refractivity contribution < 1.29 is 28.1 Å². The van der Waals surface area contributed by atoms with Gasteiger partial charge in [-0.15, -0.1) is 0 Å². The van der Waals surface area contributed by atoms with Gasteiger partial charge in [-0.1, -0.05) is 55.4 Å². The lowest BCUT2D eigenvalue weighted by Gasteiger charge is -2.25. The number of ether oxygens (including phenoxy) is 3. The molecule has 8 heteroatoms. The molecule has 0 spiro atoms. The number of hydrogen-bond donors (Lipinski definition) is 1. The molecule has 39 heavy (non-hydrogen) atoms. The molecule has 1 unspecified atom stereocenters. The lowest BCUT2D eigenvalue weighted by atomic mass is 9.85. The molecule has 2 heterocycles. The monoisotopic (exact) mass is 553 g/mol. The van der Waals surface area contributed by atoms with E-state index in [-0.39, 0.29) is 39.6 Å². The molecule has 204 valence electrons. The maximum atomic E-state index is 15.6. The molecule has 2 aliphatic rings. The molecular weight excluding hydrogens is 524 g/mol. The van der Waals surface area contributed by atoms with E-state index in [0.717, 1.165) is 31.4 Å². The summed E-state index contributed by atoms with van der Waals surface area (Å²) in [6, 6.07) is 15.4. The predicted molar refractivity (Wildman–Crippen MR) is 146 cm³/mol. The fourth-order valence-electron chi connectivity index (χ4n) is 4.72. The minimum absolute atomic E-state index is 0.0214. The number of aliphatic hydroxyl groups excluding tert-OH is 1. The Morgan fingerprint density at radius 3 is 2.56 bits per heavy atom. The third-order valence-electron chi connectivity index (χ3n) is 6.70. The van der Waals surface area contributed by atoms with Crippen LogP contribution < -0.4 is 9.47 Å². The van der Waals surface area contributed by atoms with E-state index >= 15 is 4.39 Å².